The molecule has 1 saturated heterocycles. The fourth-order valence-corrected chi connectivity index (χ4v) is 3.15. The standard InChI is InChI=1S/C13H22N2OS/c1-3-14-8-12-4-5-13(17-12)9-15(2)11-6-7-16-10-11/h4-5,11,14H,3,6-10H2,1-2H3. The summed E-state index contributed by atoms with van der Waals surface area (Å²) in [5, 5.41) is 3.36. The minimum atomic E-state index is 0.606. The molecule has 4 heteroatoms. The van der Waals surface area contributed by atoms with Gasteiger partial charge in [0, 0.05) is 35.5 Å². The zero-order valence-electron chi connectivity index (χ0n) is 10.7. The first kappa shape index (κ1) is 13.0. The maximum atomic E-state index is 5.43. The Balaban J connectivity index is 1.83. The van der Waals surface area contributed by atoms with Crippen molar-refractivity contribution in [3.63, 3.8) is 0 Å². The Hall–Kier alpha value is -0.420. The molecule has 1 aromatic heterocycles. The molecule has 0 amide bonds. The Morgan fingerprint density at radius 2 is 2.29 bits per heavy atom. The van der Waals surface area contributed by atoms with Gasteiger partial charge in [0.05, 0.1) is 6.61 Å². The van der Waals surface area contributed by atoms with Crippen molar-refractivity contribution in [3.8, 4) is 0 Å². The first-order valence-electron chi connectivity index (χ1n) is 6.36. The molecule has 0 radical (unpaired) electrons. The number of likely N-dealkylation sites (N-methyl/N-ethyl adjacent to an activating group) is 1. The van der Waals surface area contributed by atoms with Crippen molar-refractivity contribution in [2.75, 3.05) is 26.8 Å². The van der Waals surface area contributed by atoms with E-state index in [0.29, 0.717) is 6.04 Å². The van der Waals surface area contributed by atoms with Crippen molar-refractivity contribution in [2.24, 2.45) is 0 Å². The largest absolute Gasteiger partial charge is 0.380 e. The van der Waals surface area contributed by atoms with Crippen molar-refractivity contribution in [2.45, 2.75) is 32.5 Å². The van der Waals surface area contributed by atoms with E-state index >= 15 is 0 Å². The van der Waals surface area contributed by atoms with Crippen molar-refractivity contribution in [3.05, 3.63) is 21.9 Å². The van der Waals surface area contributed by atoms with Crippen LogP contribution in [0, 0.1) is 0 Å². The number of nitrogens with zero attached hydrogens (tertiary/aromatic N) is 1. The molecule has 17 heavy (non-hydrogen) atoms. The van der Waals surface area contributed by atoms with Gasteiger partial charge in [-0.2, -0.15) is 0 Å². The van der Waals surface area contributed by atoms with Gasteiger partial charge in [0.15, 0.2) is 0 Å². The van der Waals surface area contributed by atoms with E-state index in [2.05, 4.69) is 36.3 Å². The smallest absolute Gasteiger partial charge is 0.0622 e. The van der Waals surface area contributed by atoms with E-state index in [-0.39, 0.29) is 0 Å². The number of rotatable bonds is 6. The van der Waals surface area contributed by atoms with Crippen LogP contribution in [-0.2, 0) is 17.8 Å². The monoisotopic (exact) mass is 254 g/mol. The zero-order valence-corrected chi connectivity index (χ0v) is 11.6. The van der Waals surface area contributed by atoms with Gasteiger partial charge in [0.25, 0.3) is 0 Å². The summed E-state index contributed by atoms with van der Waals surface area (Å²) < 4.78 is 5.43. The van der Waals surface area contributed by atoms with Crippen LogP contribution < -0.4 is 5.32 Å². The summed E-state index contributed by atoms with van der Waals surface area (Å²) in [5.41, 5.74) is 0. The summed E-state index contributed by atoms with van der Waals surface area (Å²) in [7, 11) is 2.20. The quantitative estimate of drug-likeness (QED) is 0.841. The van der Waals surface area contributed by atoms with Crippen molar-refractivity contribution in [1.29, 1.82) is 0 Å². The SMILES string of the molecule is CCNCc1ccc(CN(C)C2CCOC2)s1. The molecule has 2 rings (SSSR count). The summed E-state index contributed by atoms with van der Waals surface area (Å²) in [6.07, 6.45) is 1.17. The van der Waals surface area contributed by atoms with Crippen LogP contribution in [0.2, 0.25) is 0 Å². The molecule has 3 nitrogen and oxygen atoms in total. The topological polar surface area (TPSA) is 24.5 Å². The lowest BCUT2D eigenvalue weighted by Gasteiger charge is -2.21. The second kappa shape index (κ2) is 6.50. The summed E-state index contributed by atoms with van der Waals surface area (Å²) in [5.74, 6) is 0. The molecular weight excluding hydrogens is 232 g/mol. The predicted octanol–water partition coefficient (Wildman–Crippen LogP) is 2.08. The zero-order chi connectivity index (χ0) is 12.1. The van der Waals surface area contributed by atoms with Gasteiger partial charge in [-0.05, 0) is 32.1 Å². The summed E-state index contributed by atoms with van der Waals surface area (Å²) >= 11 is 1.91. The molecule has 1 N–H and O–H groups in total. The molecule has 1 fully saturated rings. The molecule has 0 bridgehead atoms. The minimum Gasteiger partial charge on any atom is -0.380 e. The molecule has 0 aliphatic carbocycles. The van der Waals surface area contributed by atoms with Gasteiger partial charge in [-0.15, -0.1) is 11.3 Å². The highest BCUT2D eigenvalue weighted by molar-refractivity contribution is 7.11. The van der Waals surface area contributed by atoms with Crippen LogP contribution in [-0.4, -0.2) is 37.7 Å². The predicted molar refractivity (Wildman–Crippen MR) is 72.4 cm³/mol. The normalized spacial score (nSPS) is 20.3. The Morgan fingerprint density at radius 3 is 3.00 bits per heavy atom. The van der Waals surface area contributed by atoms with E-state index in [9.17, 15) is 0 Å². The van der Waals surface area contributed by atoms with Crippen LogP contribution in [0.1, 0.15) is 23.1 Å². The lowest BCUT2D eigenvalue weighted by molar-refractivity contribution is 0.157. The van der Waals surface area contributed by atoms with Crippen LogP contribution in [0.15, 0.2) is 12.1 Å². The van der Waals surface area contributed by atoms with E-state index in [1.807, 2.05) is 11.3 Å². The first-order valence-corrected chi connectivity index (χ1v) is 7.17. The van der Waals surface area contributed by atoms with E-state index in [4.69, 9.17) is 4.74 Å². The van der Waals surface area contributed by atoms with Gasteiger partial charge in [-0.3, -0.25) is 4.90 Å². The molecule has 1 aliphatic rings. The average Bonchev–Trinajstić information content (AvgIpc) is 2.97. The van der Waals surface area contributed by atoms with Crippen LogP contribution in [0.4, 0.5) is 0 Å². The summed E-state index contributed by atoms with van der Waals surface area (Å²) in [6.45, 7) is 7.04. The van der Waals surface area contributed by atoms with Crippen molar-refractivity contribution < 1.29 is 4.74 Å². The highest BCUT2D eigenvalue weighted by Gasteiger charge is 2.20. The Labute approximate surface area is 108 Å². The molecule has 0 spiro atoms. The number of hydrogen-bond acceptors (Lipinski definition) is 4. The number of ether oxygens (including phenoxy) is 1. The van der Waals surface area contributed by atoms with Gasteiger partial charge in [0.1, 0.15) is 0 Å². The lowest BCUT2D eigenvalue weighted by atomic mass is 10.2. The molecule has 1 atom stereocenters. The summed E-state index contributed by atoms with van der Waals surface area (Å²) in [4.78, 5) is 5.29. The second-order valence-electron chi connectivity index (χ2n) is 4.58. The van der Waals surface area contributed by atoms with E-state index in [1.165, 1.54) is 16.2 Å². The van der Waals surface area contributed by atoms with Gasteiger partial charge in [-0.25, -0.2) is 0 Å². The van der Waals surface area contributed by atoms with Gasteiger partial charge < -0.3 is 10.1 Å². The van der Waals surface area contributed by atoms with Gasteiger partial charge in [-0.1, -0.05) is 6.92 Å². The third-order valence-electron chi connectivity index (χ3n) is 3.20. The lowest BCUT2D eigenvalue weighted by Crippen LogP contribution is -2.30. The molecule has 96 valence electrons. The molecular formula is C13H22N2OS. The molecule has 1 unspecified atom stereocenters. The van der Waals surface area contributed by atoms with Crippen LogP contribution in [0.3, 0.4) is 0 Å². The average molecular weight is 254 g/mol. The van der Waals surface area contributed by atoms with Crippen molar-refractivity contribution in [1.82, 2.24) is 10.2 Å². The third kappa shape index (κ3) is 3.78. The number of hydrogen-bond donors (Lipinski definition) is 1. The van der Waals surface area contributed by atoms with E-state index in [1.54, 1.807) is 0 Å². The molecule has 1 aliphatic heterocycles. The highest BCUT2D eigenvalue weighted by Crippen LogP contribution is 2.20. The fraction of sp³-hybridized carbons (Fsp3) is 0.692. The Bertz CT molecular complexity index is 334. The maximum absolute atomic E-state index is 5.43. The third-order valence-corrected chi connectivity index (χ3v) is 4.27. The molecule has 2 heterocycles. The molecule has 0 saturated carbocycles. The number of nitrogens with one attached hydrogen (secondary N) is 1. The molecule has 0 aromatic carbocycles. The van der Waals surface area contributed by atoms with Crippen molar-refractivity contribution >= 4 is 11.3 Å². The van der Waals surface area contributed by atoms with Crippen LogP contribution in [0.25, 0.3) is 0 Å². The Kier molecular flexibility index (Phi) is 4.98. The second-order valence-corrected chi connectivity index (χ2v) is 5.83. The minimum absolute atomic E-state index is 0.606. The highest BCUT2D eigenvalue weighted by atomic mass is 32.1. The first-order chi connectivity index (χ1) is 8.29. The summed E-state index contributed by atoms with van der Waals surface area (Å²) in [6, 6.07) is 5.10. The number of thiophene rings is 1. The van der Waals surface area contributed by atoms with Crippen LogP contribution >= 0.6 is 11.3 Å². The van der Waals surface area contributed by atoms with Gasteiger partial charge in [0.2, 0.25) is 0 Å². The molecule has 1 aromatic rings. The fourth-order valence-electron chi connectivity index (χ4n) is 2.10. The van der Waals surface area contributed by atoms with E-state index < -0.39 is 0 Å². The van der Waals surface area contributed by atoms with Crippen LogP contribution in [0.5, 0.6) is 0 Å². The van der Waals surface area contributed by atoms with E-state index in [0.717, 1.165) is 32.8 Å². The van der Waals surface area contributed by atoms with Gasteiger partial charge >= 0.3 is 0 Å². The maximum Gasteiger partial charge on any atom is 0.0622 e. The Morgan fingerprint density at radius 1 is 1.47 bits per heavy atom.